The van der Waals surface area contributed by atoms with Crippen molar-refractivity contribution in [3.63, 3.8) is 0 Å². The Morgan fingerprint density at radius 3 is 1.88 bits per heavy atom. The van der Waals surface area contributed by atoms with Crippen molar-refractivity contribution in [2.45, 2.75) is 13.0 Å². The molecule has 1 heterocycles. The van der Waals surface area contributed by atoms with Gasteiger partial charge in [0.2, 0.25) is 0 Å². The monoisotopic (exact) mass is 948 g/mol. The van der Waals surface area contributed by atoms with Crippen molar-refractivity contribution in [1.29, 1.82) is 0 Å². The summed E-state index contributed by atoms with van der Waals surface area (Å²) in [5, 5.41) is 0. The van der Waals surface area contributed by atoms with Crippen LogP contribution in [0.15, 0.2) is 41.8 Å². The number of carbonyl (C=O) groups is 3. The number of amides is 2. The molecule has 2 amide bonds. The minimum Gasteiger partial charge on any atom is -0.429 e. The van der Waals surface area contributed by atoms with E-state index in [0.717, 1.165) is 4.90 Å². The minimum absolute atomic E-state index is 0.145. The summed E-state index contributed by atoms with van der Waals surface area (Å²) >= 11 is 26.9. The van der Waals surface area contributed by atoms with Gasteiger partial charge in [-0.15, -0.1) is 0 Å². The fourth-order valence-electron chi connectivity index (χ4n) is 2.77. The van der Waals surface area contributed by atoms with Crippen LogP contribution in [0.3, 0.4) is 0 Å². The lowest BCUT2D eigenvalue weighted by molar-refractivity contribution is 0.0382. The molecule has 14 heteroatoms. The van der Waals surface area contributed by atoms with Crippen LogP contribution in [-0.2, 0) is 4.74 Å². The average Bonchev–Trinajstić information content (AvgIpc) is 2.97. The Labute approximate surface area is 249 Å². The number of hydrogen-bond donors (Lipinski definition) is 0. The molecule has 3 rings (SSSR count). The third-order valence-electron chi connectivity index (χ3n) is 4.18. The smallest absolute Gasteiger partial charge is 0.429 e. The summed E-state index contributed by atoms with van der Waals surface area (Å²) in [5.41, 5.74) is 0.487. The van der Waals surface area contributed by atoms with E-state index in [9.17, 15) is 14.4 Å². The first-order chi connectivity index (χ1) is 14.9. The Hall–Kier alpha value is 0.690. The quantitative estimate of drug-likeness (QED) is 0.101. The predicted octanol–water partition coefficient (Wildman–Crippen LogP) is 8.99. The summed E-state index contributed by atoms with van der Waals surface area (Å²) in [6, 6.07) is 1.68. The van der Waals surface area contributed by atoms with E-state index < -0.39 is 24.1 Å². The molecule has 6 nitrogen and oxygen atoms in total. The van der Waals surface area contributed by atoms with Crippen LogP contribution in [0.25, 0.3) is 0 Å². The first-order valence-corrected chi connectivity index (χ1v) is 14.6. The van der Waals surface area contributed by atoms with Crippen LogP contribution < -0.4 is 4.74 Å². The summed E-state index contributed by atoms with van der Waals surface area (Å²) in [6.45, 7) is 1.41. The van der Waals surface area contributed by atoms with Gasteiger partial charge in [-0.05, 0) is 140 Å². The van der Waals surface area contributed by atoms with Gasteiger partial charge in [0.15, 0.2) is 5.75 Å². The Bertz CT molecular complexity index is 1160. The van der Waals surface area contributed by atoms with E-state index in [0.29, 0.717) is 35.8 Å². The van der Waals surface area contributed by atoms with Crippen LogP contribution >= 0.6 is 127 Å². The Balaban J connectivity index is 1.75. The molecular formula is C18H7Br8NO5. The second-order valence-corrected chi connectivity index (χ2v) is 12.8. The molecule has 170 valence electrons. The van der Waals surface area contributed by atoms with Gasteiger partial charge in [0.05, 0.1) is 35.6 Å². The lowest BCUT2D eigenvalue weighted by Gasteiger charge is -2.20. The van der Waals surface area contributed by atoms with Crippen molar-refractivity contribution in [2.75, 3.05) is 6.54 Å². The number of carbonyl (C=O) groups excluding carboxylic acids is 3. The second-order valence-electron chi connectivity index (χ2n) is 6.30. The Morgan fingerprint density at radius 1 is 0.812 bits per heavy atom. The zero-order chi connectivity index (χ0) is 24.1. The van der Waals surface area contributed by atoms with Crippen LogP contribution in [0.1, 0.15) is 27.6 Å². The summed E-state index contributed by atoms with van der Waals surface area (Å²) in [5.74, 6) is -0.795. The molecular weight excluding hydrogens is 949 g/mol. The van der Waals surface area contributed by atoms with Gasteiger partial charge in [-0.2, -0.15) is 0 Å². The predicted molar refractivity (Wildman–Crippen MR) is 146 cm³/mol. The minimum atomic E-state index is -0.998. The van der Waals surface area contributed by atoms with Crippen molar-refractivity contribution in [2.24, 2.45) is 0 Å². The summed E-state index contributed by atoms with van der Waals surface area (Å²) in [7, 11) is 0. The van der Waals surface area contributed by atoms with E-state index >= 15 is 0 Å². The fraction of sp³-hybridized carbons (Fsp3) is 0.167. The number of hydrogen-bond acceptors (Lipinski definition) is 5. The number of benzene rings is 2. The molecule has 0 aliphatic carbocycles. The normalized spacial score (nSPS) is 14.0. The van der Waals surface area contributed by atoms with E-state index in [1.807, 2.05) is 0 Å². The number of halogens is 8. The number of rotatable bonds is 4. The Morgan fingerprint density at radius 2 is 1.31 bits per heavy atom. The van der Waals surface area contributed by atoms with Gasteiger partial charge in [0.1, 0.15) is 6.10 Å². The molecule has 0 saturated carbocycles. The standard InChI is InChI=1S/C18H7Br8NO5/c1-4(31-18(30)32-15-13(25)11(23)10(22)12(24)14(15)26)3-27-16(28)7-5(19)2-6(20)9(21)8(7)17(27)29/h2,4H,3H2,1H3. The lowest BCUT2D eigenvalue weighted by atomic mass is 10.1. The SMILES string of the molecule is CC(CN1C(=O)c2c(Br)cc(Br)c(Br)c2C1=O)OC(=O)Oc1c(Br)c(Br)c(Br)c(Br)c1Br. The number of imide groups is 1. The number of fused-ring (bicyclic) bond motifs is 1. The summed E-state index contributed by atoms with van der Waals surface area (Å²) in [4.78, 5) is 39.2. The van der Waals surface area contributed by atoms with E-state index in [2.05, 4.69) is 127 Å². The highest BCUT2D eigenvalue weighted by atomic mass is 79.9. The molecule has 32 heavy (non-hydrogen) atoms. The first kappa shape index (κ1) is 27.3. The topological polar surface area (TPSA) is 72.9 Å². The van der Waals surface area contributed by atoms with Crippen LogP contribution in [0, 0.1) is 0 Å². The number of nitrogens with zero attached hydrogens (tertiary/aromatic N) is 1. The second kappa shape index (κ2) is 10.8. The molecule has 0 fully saturated rings. The molecule has 0 saturated heterocycles. The molecule has 1 aliphatic heterocycles. The third-order valence-corrected chi connectivity index (χ3v) is 12.8. The van der Waals surface area contributed by atoms with E-state index in [4.69, 9.17) is 9.47 Å². The molecule has 0 aromatic heterocycles. The maximum Gasteiger partial charge on any atom is 0.514 e. The molecule has 0 N–H and O–H groups in total. The fourth-order valence-corrected chi connectivity index (χ4v) is 7.76. The highest BCUT2D eigenvalue weighted by Gasteiger charge is 2.40. The van der Waals surface area contributed by atoms with Gasteiger partial charge < -0.3 is 9.47 Å². The molecule has 2 aromatic rings. The van der Waals surface area contributed by atoms with Gasteiger partial charge in [0.25, 0.3) is 11.8 Å². The van der Waals surface area contributed by atoms with Crippen molar-refractivity contribution >= 4 is 145 Å². The highest BCUT2D eigenvalue weighted by molar-refractivity contribution is 9.16. The summed E-state index contributed by atoms with van der Waals surface area (Å²) in [6.07, 6.45) is -1.83. The molecule has 0 spiro atoms. The third kappa shape index (κ3) is 5.12. The molecule has 2 aromatic carbocycles. The van der Waals surface area contributed by atoms with Crippen LogP contribution in [0.2, 0.25) is 0 Å². The van der Waals surface area contributed by atoms with Crippen molar-refractivity contribution in [3.05, 3.63) is 53.0 Å². The maximum atomic E-state index is 12.9. The molecule has 1 unspecified atom stereocenters. The molecule has 0 bridgehead atoms. The van der Waals surface area contributed by atoms with Crippen molar-refractivity contribution in [1.82, 2.24) is 4.90 Å². The van der Waals surface area contributed by atoms with E-state index in [1.165, 1.54) is 0 Å². The van der Waals surface area contributed by atoms with Crippen molar-refractivity contribution < 1.29 is 23.9 Å². The highest BCUT2D eigenvalue weighted by Crippen LogP contribution is 2.48. The van der Waals surface area contributed by atoms with Gasteiger partial charge in [0, 0.05) is 17.9 Å². The molecule has 1 aliphatic rings. The van der Waals surface area contributed by atoms with Gasteiger partial charge in [-0.1, -0.05) is 0 Å². The van der Waals surface area contributed by atoms with Gasteiger partial charge in [-0.25, -0.2) is 4.79 Å². The first-order valence-electron chi connectivity index (χ1n) is 8.30. The van der Waals surface area contributed by atoms with E-state index in [1.54, 1.807) is 13.0 Å². The van der Waals surface area contributed by atoms with Gasteiger partial charge >= 0.3 is 6.16 Å². The van der Waals surface area contributed by atoms with Crippen LogP contribution in [0.4, 0.5) is 4.79 Å². The van der Waals surface area contributed by atoms with Crippen molar-refractivity contribution in [3.8, 4) is 5.75 Å². The largest absolute Gasteiger partial charge is 0.514 e. The number of ether oxygens (including phenoxy) is 2. The zero-order valence-corrected chi connectivity index (χ0v) is 28.1. The average molecular weight is 956 g/mol. The Kier molecular flexibility index (Phi) is 9.17. The summed E-state index contributed by atoms with van der Waals surface area (Å²) < 4.78 is 15.1. The maximum absolute atomic E-state index is 12.9. The zero-order valence-electron chi connectivity index (χ0n) is 15.4. The lowest BCUT2D eigenvalue weighted by Crippen LogP contribution is -2.38. The van der Waals surface area contributed by atoms with Crippen LogP contribution in [0.5, 0.6) is 5.75 Å². The van der Waals surface area contributed by atoms with E-state index in [-0.39, 0.29) is 23.4 Å². The van der Waals surface area contributed by atoms with Gasteiger partial charge in [-0.3, -0.25) is 14.5 Å². The molecule has 1 atom stereocenters. The molecule has 0 radical (unpaired) electrons. The van der Waals surface area contributed by atoms with Crippen LogP contribution in [-0.4, -0.2) is 35.5 Å².